The third kappa shape index (κ3) is 14.3. The van der Waals surface area contributed by atoms with Gasteiger partial charge in [0.15, 0.2) is 5.78 Å². The van der Waals surface area contributed by atoms with Crippen LogP contribution in [0.3, 0.4) is 0 Å². The second-order valence-corrected chi connectivity index (χ2v) is 19.6. The predicted octanol–water partition coefficient (Wildman–Crippen LogP) is 6.18. The number of hydrogen-bond acceptors (Lipinski definition) is 13. The van der Waals surface area contributed by atoms with Crippen LogP contribution in [-0.2, 0) is 47.7 Å². The first-order valence-electron chi connectivity index (χ1n) is 23.9. The number of amides is 1. The number of methoxy groups -OCH3 is 3. The van der Waals surface area contributed by atoms with Gasteiger partial charge in [-0.15, -0.1) is 0 Å². The Labute approximate surface area is 387 Å². The summed E-state index contributed by atoms with van der Waals surface area (Å²) in [6.45, 7) is 12.7. The summed E-state index contributed by atoms with van der Waals surface area (Å²) in [7, 11) is 4.52. The summed E-state index contributed by atoms with van der Waals surface area (Å²) in [5.74, 6) is -7.96. The summed E-state index contributed by atoms with van der Waals surface area (Å²) in [5.41, 5.74) is 1.27. The van der Waals surface area contributed by atoms with Gasteiger partial charge in [-0.05, 0) is 107 Å². The predicted molar refractivity (Wildman–Crippen MR) is 245 cm³/mol. The fraction of sp³-hybridized carbons (Fsp3) is 0.745. The van der Waals surface area contributed by atoms with Gasteiger partial charge in [-0.1, -0.05) is 71.1 Å². The van der Waals surface area contributed by atoms with Gasteiger partial charge in [0.2, 0.25) is 5.79 Å². The van der Waals surface area contributed by atoms with Crippen molar-refractivity contribution < 1.29 is 63.0 Å². The molecule has 7 unspecified atom stereocenters. The number of nitrogens with zero attached hydrogens (tertiary/aromatic N) is 1. The largest absolute Gasteiger partial charge is 0.460 e. The molecule has 2 saturated heterocycles. The maximum atomic E-state index is 14.4. The molecule has 3 N–H and O–H groups in total. The quantitative estimate of drug-likeness (QED) is 0.156. The van der Waals surface area contributed by atoms with Crippen molar-refractivity contribution in [3.05, 3.63) is 47.6 Å². The van der Waals surface area contributed by atoms with Gasteiger partial charge >= 0.3 is 5.97 Å². The first kappa shape index (κ1) is 54.2. The van der Waals surface area contributed by atoms with Crippen LogP contribution in [0.4, 0.5) is 0 Å². The molecule has 1 amide bonds. The number of aliphatic hydroxyl groups is 3. The number of esters is 1. The molecule has 0 radical (unpaired) electrons. The standard InChI is InChI=1S/C51H79NO13/c1-30-16-12-11-13-17-31(2)42(61-8)28-38-21-19-36(7)51(60,65-38)48(57)49(58)52-23-15-14-18-39(52)50(59)64-43(33(4)26-37-20-22-40(53)44(27-37)62-9)29-41(54)32(3)25-35(6)46(56)47(63-10)45(55)34(5)24-30/h11-13,16-17,25,30,32-34,36-40,42-44,46-47,53,56,60H,14-15,18-24,26-29H2,1-10H3/b13-11+,16-12+,31-17+,35-25+/t30-,32-,33-,34?,36?,37?,38+,39?,40-,42+,43+,44?,46?,47+,51?/m1/s1. The van der Waals surface area contributed by atoms with Crippen LogP contribution in [0.15, 0.2) is 47.6 Å². The lowest BCUT2D eigenvalue weighted by atomic mass is 9.78. The molecule has 65 heavy (non-hydrogen) atoms. The molecule has 3 fully saturated rings. The number of cyclic esters (lactones) is 1. The van der Waals surface area contributed by atoms with E-state index in [2.05, 4.69) is 0 Å². The topological polar surface area (TPSA) is 195 Å². The molecule has 14 nitrogen and oxygen atoms in total. The van der Waals surface area contributed by atoms with Gasteiger partial charge in [-0.2, -0.15) is 0 Å². The number of hydrogen-bond donors (Lipinski definition) is 3. The smallest absolute Gasteiger partial charge is 0.329 e. The van der Waals surface area contributed by atoms with Crippen LogP contribution in [0.2, 0.25) is 0 Å². The SMILES string of the molecule is COC1CC(C[C@@H](C)[C@@H]2CC(=O)[C@H](C)/C=C(\C)C(O)[C@@H](OC)C(=O)C(C)C[C@H](C)/C=C/C=C/C=C(\C)[C@@H](OC)C[C@@H]3CCC(C)C(O)(O3)C(=O)C(=O)N3CCCCC3C(=O)O2)CC[C@H]1O. The van der Waals surface area contributed by atoms with Gasteiger partial charge in [0.05, 0.1) is 24.4 Å². The maximum Gasteiger partial charge on any atom is 0.329 e. The summed E-state index contributed by atoms with van der Waals surface area (Å²) in [6, 6.07) is -1.14. The van der Waals surface area contributed by atoms with Gasteiger partial charge in [-0.3, -0.25) is 19.2 Å². The highest BCUT2D eigenvalue weighted by Crippen LogP contribution is 2.38. The minimum absolute atomic E-state index is 0.0193. The highest BCUT2D eigenvalue weighted by Gasteiger charge is 2.53. The van der Waals surface area contributed by atoms with Crippen LogP contribution < -0.4 is 0 Å². The molecule has 0 aromatic carbocycles. The van der Waals surface area contributed by atoms with Gasteiger partial charge in [-0.25, -0.2) is 4.79 Å². The van der Waals surface area contributed by atoms with E-state index in [4.69, 9.17) is 23.7 Å². The number of rotatable bonds is 6. The van der Waals surface area contributed by atoms with E-state index in [1.807, 2.05) is 58.1 Å². The molecule has 366 valence electrons. The van der Waals surface area contributed by atoms with Crippen LogP contribution in [0, 0.1) is 35.5 Å². The zero-order chi connectivity index (χ0) is 48.2. The molecule has 0 spiro atoms. The van der Waals surface area contributed by atoms with Gasteiger partial charge in [0.1, 0.15) is 30.1 Å². The van der Waals surface area contributed by atoms with E-state index in [1.165, 1.54) is 12.0 Å². The van der Waals surface area contributed by atoms with Crippen molar-refractivity contribution in [1.29, 1.82) is 0 Å². The number of aliphatic hydroxyl groups excluding tert-OH is 2. The van der Waals surface area contributed by atoms with Crippen molar-refractivity contribution in [2.75, 3.05) is 27.9 Å². The van der Waals surface area contributed by atoms with E-state index < -0.39 is 83.9 Å². The molecular formula is C51H79NO13. The Balaban J connectivity index is 1.70. The van der Waals surface area contributed by atoms with Crippen molar-refractivity contribution in [2.45, 2.75) is 180 Å². The first-order valence-corrected chi connectivity index (χ1v) is 23.9. The van der Waals surface area contributed by atoms with Crippen molar-refractivity contribution >= 4 is 29.2 Å². The summed E-state index contributed by atoms with van der Waals surface area (Å²) >= 11 is 0. The zero-order valence-electron chi connectivity index (χ0n) is 40.6. The van der Waals surface area contributed by atoms with Crippen molar-refractivity contribution in [3.8, 4) is 0 Å². The molecule has 14 heteroatoms. The number of carbonyl (C=O) groups is 5. The van der Waals surface area contributed by atoms with Gasteiger partial charge < -0.3 is 43.9 Å². The van der Waals surface area contributed by atoms with Crippen molar-refractivity contribution in [3.63, 3.8) is 0 Å². The Bertz CT molecular complexity index is 1760. The zero-order valence-corrected chi connectivity index (χ0v) is 40.6. The summed E-state index contributed by atoms with van der Waals surface area (Å²) in [5, 5.41) is 33.8. The van der Waals surface area contributed by atoms with Gasteiger partial charge in [0, 0.05) is 58.5 Å². The molecule has 3 aliphatic heterocycles. The van der Waals surface area contributed by atoms with Gasteiger partial charge in [0.25, 0.3) is 11.7 Å². The summed E-state index contributed by atoms with van der Waals surface area (Å²) in [4.78, 5) is 71.8. The molecule has 2 bridgehead atoms. The van der Waals surface area contributed by atoms with Crippen LogP contribution in [0.5, 0.6) is 0 Å². The van der Waals surface area contributed by atoms with E-state index in [0.717, 1.165) is 12.0 Å². The summed E-state index contributed by atoms with van der Waals surface area (Å²) < 4.78 is 29.4. The minimum atomic E-state index is -2.43. The molecule has 3 heterocycles. The number of piperidine rings is 1. The molecule has 0 aromatic rings. The van der Waals surface area contributed by atoms with Crippen LogP contribution in [0.25, 0.3) is 0 Å². The lowest BCUT2D eigenvalue weighted by Crippen LogP contribution is -2.61. The van der Waals surface area contributed by atoms with E-state index in [9.17, 15) is 39.3 Å². The molecule has 1 aliphatic carbocycles. The van der Waals surface area contributed by atoms with E-state index in [-0.39, 0.29) is 54.8 Å². The van der Waals surface area contributed by atoms with Crippen LogP contribution >= 0.6 is 0 Å². The highest BCUT2D eigenvalue weighted by molar-refractivity contribution is 6.39. The monoisotopic (exact) mass is 914 g/mol. The van der Waals surface area contributed by atoms with E-state index >= 15 is 0 Å². The van der Waals surface area contributed by atoms with Crippen molar-refractivity contribution in [2.24, 2.45) is 35.5 Å². The number of carbonyl (C=O) groups excluding carboxylic acids is 5. The Kier molecular flexibility index (Phi) is 21.0. The van der Waals surface area contributed by atoms with Crippen molar-refractivity contribution in [1.82, 2.24) is 4.90 Å². The lowest BCUT2D eigenvalue weighted by Gasteiger charge is -2.42. The fourth-order valence-corrected chi connectivity index (χ4v) is 10.1. The second-order valence-electron chi connectivity index (χ2n) is 19.6. The Morgan fingerprint density at radius 1 is 0.846 bits per heavy atom. The normalized spacial score (nSPS) is 40.4. The maximum absolute atomic E-state index is 14.4. The molecule has 1 saturated carbocycles. The first-order chi connectivity index (χ1) is 30.7. The number of allylic oxidation sites excluding steroid dienone is 6. The third-order valence-electron chi connectivity index (χ3n) is 14.5. The molecule has 15 atom stereocenters. The summed E-state index contributed by atoms with van der Waals surface area (Å²) in [6.07, 6.45) is 11.2. The highest BCUT2D eigenvalue weighted by atomic mass is 16.6. The van der Waals surface area contributed by atoms with Crippen LogP contribution in [-0.4, -0.2) is 132 Å². The minimum Gasteiger partial charge on any atom is -0.460 e. The van der Waals surface area contributed by atoms with Crippen LogP contribution in [0.1, 0.15) is 126 Å². The Morgan fingerprint density at radius 3 is 2.25 bits per heavy atom. The number of Topliss-reactive ketones (excluding diaryl/α,β-unsaturated/α-hetero) is 3. The average Bonchev–Trinajstić information content (AvgIpc) is 3.28. The third-order valence-corrected chi connectivity index (χ3v) is 14.5. The number of ether oxygens (including phenoxy) is 5. The second kappa shape index (κ2) is 25.1. The van der Waals surface area contributed by atoms with E-state index in [1.54, 1.807) is 41.1 Å². The Morgan fingerprint density at radius 2 is 1.57 bits per heavy atom. The molecule has 4 aliphatic rings. The fourth-order valence-electron chi connectivity index (χ4n) is 10.1. The number of fused-ring (bicyclic) bond motifs is 3. The molecular weight excluding hydrogens is 835 g/mol. The molecule has 4 rings (SSSR count). The van der Waals surface area contributed by atoms with E-state index in [0.29, 0.717) is 63.4 Å². The number of ketones is 3. The lowest BCUT2D eigenvalue weighted by molar-refractivity contribution is -0.265. The average molecular weight is 914 g/mol. The Hall–Kier alpha value is -3.37. The molecule has 0 aromatic heterocycles.